The van der Waals surface area contributed by atoms with Crippen molar-refractivity contribution in [2.45, 2.75) is 79.3 Å². The van der Waals surface area contributed by atoms with Crippen molar-refractivity contribution in [2.24, 2.45) is 0 Å². The van der Waals surface area contributed by atoms with E-state index in [-0.39, 0.29) is 79.3 Å². The van der Waals surface area contributed by atoms with Crippen LogP contribution in [0.2, 0.25) is 0 Å². The molecule has 19 aromatic rings. The van der Waals surface area contributed by atoms with Gasteiger partial charge in [-0.25, -0.2) is 9.97 Å². The Morgan fingerprint density at radius 2 is 0.264 bits per heavy atom. The zero-order chi connectivity index (χ0) is 96.6. The fourth-order valence-corrected chi connectivity index (χ4v) is 17.6. The molecule has 8 bridgehead atoms. The Balaban J connectivity index is 0.915. The zero-order valence-corrected chi connectivity index (χ0v) is 79.2. The van der Waals surface area contributed by atoms with Crippen molar-refractivity contribution in [3.8, 4) is 114 Å². The van der Waals surface area contributed by atoms with Crippen molar-refractivity contribution in [3.63, 3.8) is 0 Å². The first-order valence-electron chi connectivity index (χ1n) is 48.2. The largest absolute Gasteiger partial charge is 0.489 e. The van der Waals surface area contributed by atoms with Gasteiger partial charge in [-0.3, -0.25) is 0 Å². The molecular weight excluding hydrogens is 1790 g/mol. The summed E-state index contributed by atoms with van der Waals surface area (Å²) in [6.45, 7) is 2.09. The van der Waals surface area contributed by atoms with E-state index in [0.29, 0.717) is 158 Å². The number of rotatable bonds is 40. The minimum absolute atomic E-state index is 0.144. The quantitative estimate of drug-likeness (QED) is 0.0372. The summed E-state index contributed by atoms with van der Waals surface area (Å²) in [4.78, 5) is 20.6. The summed E-state index contributed by atoms with van der Waals surface area (Å²) < 4.78 is 87.6. The maximum Gasteiger partial charge on any atom is 0.135 e. The summed E-state index contributed by atoms with van der Waals surface area (Å²) in [5.41, 5.74) is 20.1. The number of fused-ring (bicyclic) bond motifs is 8. The first kappa shape index (κ1) is 92.1. The number of aromatic amines is 2. The van der Waals surface area contributed by atoms with E-state index in [1.165, 1.54) is 0 Å². The van der Waals surface area contributed by atoms with E-state index in [1.54, 1.807) is 0 Å². The van der Waals surface area contributed by atoms with Gasteiger partial charge < -0.3 is 66.8 Å². The van der Waals surface area contributed by atoms with Crippen molar-refractivity contribution >= 4 is 46.4 Å². The predicted octanol–water partition coefficient (Wildman–Crippen LogP) is 30.3. The molecule has 2 aliphatic rings. The van der Waals surface area contributed by atoms with E-state index >= 15 is 0 Å². The van der Waals surface area contributed by atoms with Gasteiger partial charge in [0.25, 0.3) is 0 Å². The van der Waals surface area contributed by atoms with Gasteiger partial charge >= 0.3 is 0 Å². The fraction of sp³-hybridized carbons (Fsp3) is 0.0938. The Labute approximate surface area is 836 Å². The molecule has 0 atom stereocenters. The minimum atomic E-state index is 0.144. The van der Waals surface area contributed by atoms with E-state index in [9.17, 15) is 0 Å². The van der Waals surface area contributed by atoms with Crippen molar-refractivity contribution < 1.29 is 56.8 Å². The molecule has 21 rings (SSSR count). The SMILES string of the molecule is C1=Cc2nc1c(-c1c(OCc3ccccc3)cc(OCc3ccccc3)cc1OCc1ccccc1)c1ccc([nH]1)c(-c1c(OCc3ccccc3)cc(OCc3ccccc3)cc1OCc1ccccc1)c1nc(c(-c3c(OCc4ccccc4)cc(OCc4ccccc4)cc3OCc3ccccc3)c3ccc([nH]3)c2-c2c(OCc3ccccc3)cc(OCc3ccccc3)cc2OCc2ccccc2)C=C1. The standard InChI is InChI=1S/C128H102N4O12/c1-13-37-89(38-14-1)77-133-101-69-113(137-81-93-45-21-5-22-46-93)125(114(70-101)138-82-94-47-23-6-24-48-94)121-105-61-63-107(129-105)122(126-115(139-83-95-49-25-7-26-50-95)71-102(134-78-90-39-15-2-16-40-90)72-116(126)140-84-96-51-27-8-28-52-96)109-65-67-111(131-109)124(128-119(143-87-99-57-33-11-34-58-99)75-104(136-80-92-43-19-4-20-44-92)76-120(128)144-88-100-59-35-12-36-60-100)112-68-66-110(132-112)123(108-64-62-106(121)130-108)127-117(141-85-97-53-29-9-30-54-97)73-103(135-79-91-41-17-3-18-42-91)74-118(127)142-86-98-55-31-10-32-56-98/h1-76,129,132H,77-88H2. The molecule has 16 aromatic carbocycles. The lowest BCUT2D eigenvalue weighted by Crippen LogP contribution is -2.04. The molecule has 2 N–H and O–H groups in total. The lowest BCUT2D eigenvalue weighted by Gasteiger charge is -2.21. The molecule has 0 saturated heterocycles. The number of hydrogen-bond donors (Lipinski definition) is 2. The van der Waals surface area contributed by atoms with Gasteiger partial charge in [-0.1, -0.05) is 364 Å². The monoisotopic (exact) mass is 1890 g/mol. The molecule has 0 fully saturated rings. The molecule has 3 aromatic heterocycles. The van der Waals surface area contributed by atoms with Crippen molar-refractivity contribution in [1.29, 1.82) is 0 Å². The van der Waals surface area contributed by atoms with E-state index in [1.807, 2.05) is 315 Å². The van der Waals surface area contributed by atoms with Crippen molar-refractivity contribution in [2.75, 3.05) is 0 Å². The minimum Gasteiger partial charge on any atom is -0.489 e. The van der Waals surface area contributed by atoms with Gasteiger partial charge in [0.1, 0.15) is 148 Å². The van der Waals surface area contributed by atoms with Gasteiger partial charge in [-0.15, -0.1) is 0 Å². The number of nitrogens with zero attached hydrogens (tertiary/aromatic N) is 2. The smallest absolute Gasteiger partial charge is 0.135 e. The van der Waals surface area contributed by atoms with Crippen LogP contribution in [0.4, 0.5) is 0 Å². The van der Waals surface area contributed by atoms with Crippen LogP contribution in [-0.2, 0) is 79.3 Å². The van der Waals surface area contributed by atoms with Crippen LogP contribution in [0.1, 0.15) is 89.5 Å². The Morgan fingerprint density at radius 1 is 0.139 bits per heavy atom. The second-order valence-electron chi connectivity index (χ2n) is 35.0. The average molecular weight is 1890 g/mol. The molecule has 0 unspecified atom stereocenters. The number of ether oxygens (including phenoxy) is 12. The molecule has 16 nitrogen and oxygen atoms in total. The second-order valence-corrected chi connectivity index (χ2v) is 35.0. The number of nitrogens with one attached hydrogen (secondary N) is 2. The Morgan fingerprint density at radius 3 is 0.396 bits per heavy atom. The van der Waals surface area contributed by atoms with E-state index in [2.05, 4.69) is 156 Å². The molecule has 706 valence electrons. The van der Waals surface area contributed by atoms with Gasteiger partial charge in [0.2, 0.25) is 0 Å². The third-order valence-corrected chi connectivity index (χ3v) is 24.8. The molecule has 0 spiro atoms. The summed E-state index contributed by atoms with van der Waals surface area (Å²) >= 11 is 0. The lowest BCUT2D eigenvalue weighted by atomic mass is 10.00. The van der Waals surface area contributed by atoms with Crippen LogP contribution < -0.4 is 56.8 Å². The maximum atomic E-state index is 7.46. The van der Waals surface area contributed by atoms with E-state index in [0.717, 1.165) is 66.8 Å². The summed E-state index contributed by atoms with van der Waals surface area (Å²) in [5, 5.41) is 0. The van der Waals surface area contributed by atoms with Crippen LogP contribution in [0.3, 0.4) is 0 Å². The van der Waals surface area contributed by atoms with Gasteiger partial charge in [0.15, 0.2) is 0 Å². The van der Waals surface area contributed by atoms with Crippen molar-refractivity contribution in [3.05, 3.63) is 526 Å². The second kappa shape index (κ2) is 45.1. The van der Waals surface area contributed by atoms with Crippen molar-refractivity contribution in [1.82, 2.24) is 19.9 Å². The maximum absolute atomic E-state index is 7.46. The molecule has 0 amide bonds. The number of benzene rings is 16. The van der Waals surface area contributed by atoms with E-state index in [4.69, 9.17) is 66.8 Å². The van der Waals surface area contributed by atoms with Gasteiger partial charge in [-0.2, -0.15) is 0 Å². The predicted molar refractivity (Wildman–Crippen MR) is 570 cm³/mol. The third-order valence-electron chi connectivity index (χ3n) is 24.8. The zero-order valence-electron chi connectivity index (χ0n) is 79.2. The topological polar surface area (TPSA) is 168 Å². The summed E-state index contributed by atoms with van der Waals surface area (Å²) in [7, 11) is 0. The Kier molecular flexibility index (Phi) is 28.8. The van der Waals surface area contributed by atoms with Crippen LogP contribution in [0, 0.1) is 0 Å². The number of H-pyrrole nitrogens is 2. The van der Waals surface area contributed by atoms with E-state index < -0.39 is 0 Å². The van der Waals surface area contributed by atoms with Crippen LogP contribution in [-0.4, -0.2) is 19.9 Å². The Hall–Kier alpha value is -18.3. The molecule has 0 aliphatic carbocycles. The van der Waals surface area contributed by atoms with Gasteiger partial charge in [0.05, 0.1) is 45.0 Å². The van der Waals surface area contributed by atoms with Gasteiger partial charge in [-0.05, 0) is 115 Å². The summed E-state index contributed by atoms with van der Waals surface area (Å²) in [6, 6.07) is 146. The molecule has 144 heavy (non-hydrogen) atoms. The number of hydrogen-bond acceptors (Lipinski definition) is 14. The number of aromatic nitrogens is 4. The molecule has 16 heteroatoms. The molecule has 0 radical (unpaired) electrons. The van der Waals surface area contributed by atoms with Crippen LogP contribution >= 0.6 is 0 Å². The lowest BCUT2D eigenvalue weighted by molar-refractivity contribution is 0.276. The summed E-state index contributed by atoms with van der Waals surface area (Å²) in [5.74, 6) is 5.42. The Bertz CT molecular complexity index is 6650. The first-order valence-corrected chi connectivity index (χ1v) is 48.2. The highest BCUT2D eigenvalue weighted by atomic mass is 16.5. The first-order chi connectivity index (χ1) is 71.3. The highest BCUT2D eigenvalue weighted by molar-refractivity contribution is 6.04. The van der Waals surface area contributed by atoms with Crippen LogP contribution in [0.25, 0.3) is 90.9 Å². The normalized spacial score (nSPS) is 11.3. The highest BCUT2D eigenvalue weighted by Crippen LogP contribution is 2.54. The molecule has 5 heterocycles. The van der Waals surface area contributed by atoms with Crippen LogP contribution in [0.5, 0.6) is 69.0 Å². The fourth-order valence-electron chi connectivity index (χ4n) is 17.6. The molecule has 2 aliphatic heterocycles. The third kappa shape index (κ3) is 22.8. The van der Waals surface area contributed by atoms with Gasteiger partial charge in [0, 0.05) is 92.9 Å². The summed E-state index contributed by atoms with van der Waals surface area (Å²) in [6.07, 6.45) is 8.23. The molecular formula is C128H102N4O12. The highest BCUT2D eigenvalue weighted by Gasteiger charge is 2.32. The average Bonchev–Trinajstić information content (AvgIpc) is 1.57. The molecule has 0 saturated carbocycles. The van der Waals surface area contributed by atoms with Crippen LogP contribution in [0.15, 0.2) is 437 Å².